The molecular formula is C13H16ClN3O3. The molecule has 1 heterocycles. The highest BCUT2D eigenvalue weighted by molar-refractivity contribution is 6.32. The summed E-state index contributed by atoms with van der Waals surface area (Å²) in [7, 11) is 0. The topological polar surface area (TPSA) is 85.1 Å². The number of nitro groups is 1. The maximum atomic E-state index is 12.2. The van der Waals surface area contributed by atoms with Gasteiger partial charge in [-0.2, -0.15) is 0 Å². The molecule has 20 heavy (non-hydrogen) atoms. The summed E-state index contributed by atoms with van der Waals surface area (Å²) in [5.74, 6) is 0.429. The second-order valence-electron chi connectivity index (χ2n) is 5.25. The van der Waals surface area contributed by atoms with Crippen molar-refractivity contribution in [3.8, 4) is 0 Å². The van der Waals surface area contributed by atoms with Gasteiger partial charge in [-0.1, -0.05) is 25.4 Å². The Bertz CT molecular complexity index is 550. The van der Waals surface area contributed by atoms with Gasteiger partial charge in [-0.15, -0.1) is 0 Å². The van der Waals surface area contributed by atoms with E-state index in [1.807, 2.05) is 0 Å². The molecule has 1 amide bonds. The second-order valence-corrected chi connectivity index (χ2v) is 5.61. The Morgan fingerprint density at radius 2 is 2.20 bits per heavy atom. The summed E-state index contributed by atoms with van der Waals surface area (Å²) in [4.78, 5) is 26.2. The van der Waals surface area contributed by atoms with Crippen LogP contribution in [-0.2, 0) is 0 Å². The first-order chi connectivity index (χ1) is 9.41. The molecule has 1 aromatic rings. The van der Waals surface area contributed by atoms with Crippen LogP contribution in [-0.4, -0.2) is 21.9 Å². The van der Waals surface area contributed by atoms with Crippen LogP contribution < -0.4 is 5.32 Å². The molecule has 0 aromatic carbocycles. The van der Waals surface area contributed by atoms with Gasteiger partial charge in [0.1, 0.15) is 5.56 Å². The normalized spacial score (nSPS) is 25.4. The number of halogens is 1. The minimum atomic E-state index is -0.676. The Hall–Kier alpha value is -1.69. The Morgan fingerprint density at radius 3 is 2.75 bits per heavy atom. The van der Waals surface area contributed by atoms with Gasteiger partial charge in [0.25, 0.3) is 5.91 Å². The van der Waals surface area contributed by atoms with E-state index in [1.165, 1.54) is 12.3 Å². The first kappa shape index (κ1) is 14.7. The maximum absolute atomic E-state index is 12.2. The zero-order valence-corrected chi connectivity index (χ0v) is 12.1. The minimum Gasteiger partial charge on any atom is -0.349 e. The van der Waals surface area contributed by atoms with Gasteiger partial charge < -0.3 is 5.32 Å². The van der Waals surface area contributed by atoms with Crippen molar-refractivity contribution >= 4 is 23.2 Å². The number of carbonyl (C=O) groups is 1. The Morgan fingerprint density at radius 1 is 1.50 bits per heavy atom. The van der Waals surface area contributed by atoms with Crippen LogP contribution in [0.25, 0.3) is 0 Å². The summed E-state index contributed by atoms with van der Waals surface area (Å²) in [6, 6.07) is 1.37. The number of hydrogen-bond donors (Lipinski definition) is 1. The van der Waals surface area contributed by atoms with Crippen LogP contribution in [0, 0.1) is 22.0 Å². The second kappa shape index (κ2) is 5.75. The lowest BCUT2D eigenvalue weighted by atomic mass is 9.97. The van der Waals surface area contributed by atoms with Crippen molar-refractivity contribution in [1.82, 2.24) is 10.3 Å². The van der Waals surface area contributed by atoms with Gasteiger partial charge in [0.05, 0.1) is 4.92 Å². The molecule has 3 atom stereocenters. The molecule has 1 fully saturated rings. The first-order valence-corrected chi connectivity index (χ1v) is 6.89. The van der Waals surface area contributed by atoms with E-state index in [0.717, 1.165) is 12.8 Å². The maximum Gasteiger partial charge on any atom is 0.319 e. The van der Waals surface area contributed by atoms with Crippen LogP contribution in [0.1, 0.15) is 37.0 Å². The number of amides is 1. The molecule has 0 spiro atoms. The molecule has 108 valence electrons. The van der Waals surface area contributed by atoms with Crippen molar-refractivity contribution in [1.29, 1.82) is 0 Å². The van der Waals surface area contributed by atoms with Gasteiger partial charge in [0, 0.05) is 12.2 Å². The standard InChI is InChI=1S/C13H16ClN3O3/c1-7-3-4-10(8(7)2)16-13(18)9-5-6-15-12(14)11(9)17(19)20/h5-8,10H,3-4H2,1-2H3,(H,16,18). The molecule has 1 saturated carbocycles. The highest BCUT2D eigenvalue weighted by atomic mass is 35.5. The lowest BCUT2D eigenvalue weighted by Gasteiger charge is -2.19. The van der Waals surface area contributed by atoms with E-state index in [0.29, 0.717) is 11.8 Å². The molecular weight excluding hydrogens is 282 g/mol. The summed E-state index contributed by atoms with van der Waals surface area (Å²) in [6.07, 6.45) is 3.23. The van der Waals surface area contributed by atoms with Crippen molar-refractivity contribution < 1.29 is 9.72 Å². The molecule has 1 N–H and O–H groups in total. The van der Waals surface area contributed by atoms with Gasteiger partial charge in [-0.25, -0.2) is 4.98 Å². The Kier molecular flexibility index (Phi) is 4.23. The van der Waals surface area contributed by atoms with E-state index in [9.17, 15) is 14.9 Å². The molecule has 0 radical (unpaired) electrons. The third-order valence-electron chi connectivity index (χ3n) is 4.09. The van der Waals surface area contributed by atoms with Gasteiger partial charge in [0.15, 0.2) is 0 Å². The van der Waals surface area contributed by atoms with Gasteiger partial charge >= 0.3 is 5.69 Å². The summed E-state index contributed by atoms with van der Waals surface area (Å²) in [6.45, 7) is 4.22. The number of pyridine rings is 1. The number of aromatic nitrogens is 1. The quantitative estimate of drug-likeness (QED) is 0.528. The highest BCUT2D eigenvalue weighted by Gasteiger charge is 2.33. The van der Waals surface area contributed by atoms with Gasteiger partial charge in [-0.05, 0) is 30.7 Å². The van der Waals surface area contributed by atoms with E-state index in [1.54, 1.807) is 0 Å². The Labute approximate surface area is 121 Å². The number of carbonyl (C=O) groups excluding carboxylic acids is 1. The largest absolute Gasteiger partial charge is 0.349 e. The number of hydrogen-bond acceptors (Lipinski definition) is 4. The average molecular weight is 298 g/mol. The van der Waals surface area contributed by atoms with Crippen LogP contribution >= 0.6 is 11.6 Å². The zero-order chi connectivity index (χ0) is 14.9. The average Bonchev–Trinajstić information content (AvgIpc) is 2.70. The molecule has 2 rings (SSSR count). The summed E-state index contributed by atoms with van der Waals surface area (Å²) in [5, 5.41) is 13.6. The van der Waals surface area contributed by atoms with Crippen LogP contribution in [0.2, 0.25) is 5.15 Å². The molecule has 6 nitrogen and oxygen atoms in total. The zero-order valence-electron chi connectivity index (χ0n) is 11.3. The van der Waals surface area contributed by atoms with Crippen molar-refractivity contribution in [3.63, 3.8) is 0 Å². The van der Waals surface area contributed by atoms with Crippen molar-refractivity contribution in [3.05, 3.63) is 33.1 Å². The smallest absolute Gasteiger partial charge is 0.319 e. The van der Waals surface area contributed by atoms with Gasteiger partial charge in [0.2, 0.25) is 5.15 Å². The van der Waals surface area contributed by atoms with Gasteiger partial charge in [-0.3, -0.25) is 14.9 Å². The summed E-state index contributed by atoms with van der Waals surface area (Å²) in [5.41, 5.74) is -0.480. The lowest BCUT2D eigenvalue weighted by molar-refractivity contribution is -0.385. The predicted molar refractivity (Wildman–Crippen MR) is 74.7 cm³/mol. The summed E-state index contributed by atoms with van der Waals surface area (Å²) < 4.78 is 0. The molecule has 3 unspecified atom stereocenters. The van der Waals surface area contributed by atoms with Crippen LogP contribution in [0.15, 0.2) is 12.3 Å². The van der Waals surface area contributed by atoms with Crippen LogP contribution in [0.3, 0.4) is 0 Å². The van der Waals surface area contributed by atoms with E-state index in [-0.39, 0.29) is 16.8 Å². The van der Waals surface area contributed by atoms with Crippen molar-refractivity contribution in [2.45, 2.75) is 32.7 Å². The highest BCUT2D eigenvalue weighted by Crippen LogP contribution is 2.32. The number of nitrogens with one attached hydrogen (secondary N) is 1. The van der Waals surface area contributed by atoms with E-state index in [2.05, 4.69) is 24.1 Å². The monoisotopic (exact) mass is 297 g/mol. The third kappa shape index (κ3) is 2.75. The fourth-order valence-corrected chi connectivity index (χ4v) is 2.83. The Balaban J connectivity index is 2.22. The predicted octanol–water partition coefficient (Wildman–Crippen LogP) is 2.81. The molecule has 0 saturated heterocycles. The molecule has 0 aliphatic heterocycles. The SMILES string of the molecule is CC1CCC(NC(=O)c2ccnc(Cl)c2[N+](=O)[O-])C1C. The van der Waals surface area contributed by atoms with E-state index < -0.39 is 16.5 Å². The molecule has 1 aliphatic carbocycles. The fraction of sp³-hybridized carbons (Fsp3) is 0.538. The van der Waals surface area contributed by atoms with Crippen molar-refractivity contribution in [2.75, 3.05) is 0 Å². The molecule has 1 aliphatic rings. The molecule has 0 bridgehead atoms. The lowest BCUT2D eigenvalue weighted by Crippen LogP contribution is -2.37. The van der Waals surface area contributed by atoms with Crippen molar-refractivity contribution in [2.24, 2.45) is 11.8 Å². The molecule has 1 aromatic heterocycles. The van der Waals surface area contributed by atoms with Crippen LogP contribution in [0.4, 0.5) is 5.69 Å². The number of rotatable bonds is 3. The first-order valence-electron chi connectivity index (χ1n) is 6.51. The summed E-state index contributed by atoms with van der Waals surface area (Å²) >= 11 is 5.70. The third-order valence-corrected chi connectivity index (χ3v) is 4.37. The fourth-order valence-electron chi connectivity index (χ4n) is 2.60. The minimum absolute atomic E-state index is 0.0400. The van der Waals surface area contributed by atoms with Crippen LogP contribution in [0.5, 0.6) is 0 Å². The van der Waals surface area contributed by atoms with E-state index in [4.69, 9.17) is 11.6 Å². The molecule has 7 heteroatoms. The van der Waals surface area contributed by atoms with E-state index >= 15 is 0 Å². The number of nitrogens with zero attached hydrogens (tertiary/aromatic N) is 2.